The lowest BCUT2D eigenvalue weighted by atomic mass is 9.93. The van der Waals surface area contributed by atoms with E-state index in [0.717, 1.165) is 41.9 Å². The van der Waals surface area contributed by atoms with Crippen molar-refractivity contribution in [1.29, 1.82) is 0 Å². The maximum atomic E-state index is 6.08. The molecule has 122 valence electrons. The molecule has 0 aliphatic heterocycles. The Labute approximate surface area is 135 Å². The van der Waals surface area contributed by atoms with Crippen LogP contribution in [0.4, 0.5) is 0 Å². The Bertz CT molecular complexity index is 821. The number of ether oxygens (including phenoxy) is 1. The van der Waals surface area contributed by atoms with Crippen molar-refractivity contribution in [3.05, 3.63) is 24.3 Å². The fraction of sp³-hybridized carbons (Fsp3) is 0.588. The highest BCUT2D eigenvalue weighted by molar-refractivity contribution is 5.74. The molecule has 6 heteroatoms. The molecule has 23 heavy (non-hydrogen) atoms. The largest absolute Gasteiger partial charge is 0.376 e. The van der Waals surface area contributed by atoms with Gasteiger partial charge in [0.25, 0.3) is 0 Å². The first-order valence-corrected chi connectivity index (χ1v) is 8.50. The highest BCUT2D eigenvalue weighted by atomic mass is 16.5. The van der Waals surface area contributed by atoms with Crippen molar-refractivity contribution < 1.29 is 4.74 Å². The Kier molecular flexibility index (Phi) is 3.56. The molecule has 6 nitrogen and oxygen atoms in total. The van der Waals surface area contributed by atoms with Gasteiger partial charge in [-0.15, -0.1) is 10.2 Å². The number of fused-ring (bicyclic) bond motifs is 3. The van der Waals surface area contributed by atoms with Gasteiger partial charge in [0, 0.05) is 12.1 Å². The van der Waals surface area contributed by atoms with Crippen LogP contribution >= 0.6 is 0 Å². The first-order valence-electron chi connectivity index (χ1n) is 8.50. The van der Waals surface area contributed by atoms with E-state index in [1.165, 1.54) is 0 Å². The Hall–Kier alpha value is -1.95. The Morgan fingerprint density at radius 2 is 2.22 bits per heavy atom. The van der Waals surface area contributed by atoms with Crippen LogP contribution in [0, 0.1) is 5.92 Å². The molecule has 1 aliphatic rings. The zero-order valence-corrected chi connectivity index (χ0v) is 13.9. The predicted molar refractivity (Wildman–Crippen MR) is 88.4 cm³/mol. The zero-order chi connectivity index (χ0) is 16.0. The fourth-order valence-corrected chi connectivity index (χ4v) is 3.98. The van der Waals surface area contributed by atoms with Gasteiger partial charge in [0.2, 0.25) is 0 Å². The number of hydrogen-bond acceptors (Lipinski definition) is 4. The van der Waals surface area contributed by atoms with E-state index in [-0.39, 0.29) is 6.10 Å². The van der Waals surface area contributed by atoms with E-state index in [2.05, 4.69) is 45.3 Å². The molecular weight excluding hydrogens is 290 g/mol. The van der Waals surface area contributed by atoms with Crippen LogP contribution in [-0.4, -0.2) is 36.8 Å². The number of aromatic amines is 1. The number of nitrogens with zero attached hydrogens (tertiary/aromatic N) is 4. The topological polar surface area (TPSA) is 68.1 Å². The third-order valence-corrected chi connectivity index (χ3v) is 4.94. The first kappa shape index (κ1) is 14.6. The summed E-state index contributed by atoms with van der Waals surface area (Å²) < 4.78 is 8.24. The standard InChI is InChI=1S/C17H23N5O/c1-4-11-7-12(23-10(2)3)8-13(11)17-21-20-15-9-19-16-14(22(15)17)5-6-18-16/h5-6,9-13,18H,4,7-8H2,1-3H3/t11-,12-,13+/m1/s1. The van der Waals surface area contributed by atoms with Crippen molar-refractivity contribution in [3.8, 4) is 0 Å². The van der Waals surface area contributed by atoms with Gasteiger partial charge in [-0.25, -0.2) is 4.98 Å². The molecule has 3 aromatic heterocycles. The van der Waals surface area contributed by atoms with E-state index in [1.54, 1.807) is 6.20 Å². The van der Waals surface area contributed by atoms with Gasteiger partial charge in [0.1, 0.15) is 5.82 Å². The number of nitrogens with one attached hydrogen (secondary N) is 1. The average molecular weight is 313 g/mol. The second-order valence-electron chi connectivity index (χ2n) is 6.77. The molecule has 0 saturated heterocycles. The normalized spacial score (nSPS) is 25.1. The van der Waals surface area contributed by atoms with Crippen LogP contribution in [0.2, 0.25) is 0 Å². The molecule has 4 rings (SSSR count). The number of aromatic nitrogens is 5. The molecule has 0 unspecified atom stereocenters. The van der Waals surface area contributed by atoms with Crippen molar-refractivity contribution in [1.82, 2.24) is 24.6 Å². The van der Waals surface area contributed by atoms with Gasteiger partial charge in [-0.2, -0.15) is 0 Å². The number of rotatable bonds is 4. The van der Waals surface area contributed by atoms with Crippen LogP contribution in [0.1, 0.15) is 51.8 Å². The monoisotopic (exact) mass is 313 g/mol. The molecule has 0 radical (unpaired) electrons. The zero-order valence-electron chi connectivity index (χ0n) is 13.9. The summed E-state index contributed by atoms with van der Waals surface area (Å²) in [5.41, 5.74) is 2.74. The summed E-state index contributed by atoms with van der Waals surface area (Å²) in [5, 5.41) is 8.87. The minimum Gasteiger partial charge on any atom is -0.376 e. The van der Waals surface area contributed by atoms with Crippen LogP contribution in [0.15, 0.2) is 18.5 Å². The summed E-state index contributed by atoms with van der Waals surface area (Å²) in [7, 11) is 0. The summed E-state index contributed by atoms with van der Waals surface area (Å²) >= 11 is 0. The van der Waals surface area contributed by atoms with Crippen molar-refractivity contribution in [2.24, 2.45) is 5.92 Å². The smallest absolute Gasteiger partial charge is 0.179 e. The van der Waals surface area contributed by atoms with Crippen LogP contribution in [-0.2, 0) is 4.74 Å². The van der Waals surface area contributed by atoms with E-state index < -0.39 is 0 Å². The highest BCUT2D eigenvalue weighted by Crippen LogP contribution is 2.42. The molecule has 0 aromatic carbocycles. The molecule has 1 aliphatic carbocycles. The van der Waals surface area contributed by atoms with Gasteiger partial charge in [0.05, 0.1) is 23.9 Å². The summed E-state index contributed by atoms with van der Waals surface area (Å²) in [6.45, 7) is 6.47. The highest BCUT2D eigenvalue weighted by Gasteiger charge is 2.38. The van der Waals surface area contributed by atoms with Gasteiger partial charge in [-0.1, -0.05) is 13.3 Å². The molecule has 0 spiro atoms. The second-order valence-corrected chi connectivity index (χ2v) is 6.77. The van der Waals surface area contributed by atoms with Gasteiger partial charge < -0.3 is 9.72 Å². The molecule has 1 saturated carbocycles. The molecule has 1 N–H and O–H groups in total. The third-order valence-electron chi connectivity index (χ3n) is 4.94. The Morgan fingerprint density at radius 3 is 3.00 bits per heavy atom. The fourth-order valence-electron chi connectivity index (χ4n) is 3.98. The number of H-pyrrole nitrogens is 1. The van der Waals surface area contributed by atoms with Crippen molar-refractivity contribution >= 4 is 16.8 Å². The molecule has 1 fully saturated rings. The lowest BCUT2D eigenvalue weighted by Crippen LogP contribution is -2.14. The minimum atomic E-state index is 0.270. The molecular formula is C17H23N5O. The summed E-state index contributed by atoms with van der Waals surface area (Å²) in [6, 6.07) is 2.04. The molecule has 0 amide bonds. The number of hydrogen-bond donors (Lipinski definition) is 1. The maximum absolute atomic E-state index is 6.08. The van der Waals surface area contributed by atoms with E-state index in [0.29, 0.717) is 17.9 Å². The van der Waals surface area contributed by atoms with Crippen LogP contribution in [0.25, 0.3) is 16.8 Å². The maximum Gasteiger partial charge on any atom is 0.179 e. The van der Waals surface area contributed by atoms with E-state index in [9.17, 15) is 0 Å². The van der Waals surface area contributed by atoms with Crippen molar-refractivity contribution in [2.45, 2.75) is 58.2 Å². The molecule has 0 bridgehead atoms. The lowest BCUT2D eigenvalue weighted by Gasteiger charge is -2.15. The summed E-state index contributed by atoms with van der Waals surface area (Å²) in [5.74, 6) is 2.03. The summed E-state index contributed by atoms with van der Waals surface area (Å²) in [4.78, 5) is 7.57. The minimum absolute atomic E-state index is 0.270. The predicted octanol–water partition coefficient (Wildman–Crippen LogP) is 3.30. The van der Waals surface area contributed by atoms with E-state index >= 15 is 0 Å². The first-order chi connectivity index (χ1) is 11.2. The van der Waals surface area contributed by atoms with E-state index in [1.807, 2.05) is 12.3 Å². The van der Waals surface area contributed by atoms with Crippen LogP contribution in [0.5, 0.6) is 0 Å². The van der Waals surface area contributed by atoms with Gasteiger partial charge >= 0.3 is 0 Å². The average Bonchev–Trinajstić information content (AvgIpc) is 3.22. The van der Waals surface area contributed by atoms with Gasteiger partial charge in [0.15, 0.2) is 11.3 Å². The molecule has 3 atom stereocenters. The third kappa shape index (κ3) is 2.41. The van der Waals surface area contributed by atoms with Crippen LogP contribution in [0.3, 0.4) is 0 Å². The lowest BCUT2D eigenvalue weighted by molar-refractivity contribution is 0.00969. The van der Waals surface area contributed by atoms with Gasteiger partial charge in [-0.3, -0.25) is 4.40 Å². The summed E-state index contributed by atoms with van der Waals surface area (Å²) in [6.07, 6.45) is 7.55. The molecule has 3 heterocycles. The SMILES string of the molecule is CC[C@@H]1C[C@@H](OC(C)C)C[C@@H]1c1nnc2cnc3[nH]ccc3n12. The van der Waals surface area contributed by atoms with Gasteiger partial charge in [-0.05, 0) is 38.7 Å². The second kappa shape index (κ2) is 5.60. The van der Waals surface area contributed by atoms with Crippen molar-refractivity contribution in [2.75, 3.05) is 0 Å². The van der Waals surface area contributed by atoms with Crippen molar-refractivity contribution in [3.63, 3.8) is 0 Å². The Morgan fingerprint density at radius 1 is 1.35 bits per heavy atom. The molecule has 3 aromatic rings. The van der Waals surface area contributed by atoms with Crippen LogP contribution < -0.4 is 0 Å². The van der Waals surface area contributed by atoms with E-state index in [4.69, 9.17) is 4.74 Å². The Balaban J connectivity index is 1.77. The quantitative estimate of drug-likeness (QED) is 0.802.